The van der Waals surface area contributed by atoms with Gasteiger partial charge in [0.1, 0.15) is 5.75 Å². The van der Waals surface area contributed by atoms with Gasteiger partial charge in [-0.1, -0.05) is 17.7 Å². The third-order valence-corrected chi connectivity index (χ3v) is 3.12. The van der Waals surface area contributed by atoms with Crippen LogP contribution in [0.1, 0.15) is 15.9 Å². The summed E-state index contributed by atoms with van der Waals surface area (Å²) in [5.74, 6) is 0.0666. The van der Waals surface area contributed by atoms with Crippen LogP contribution in [-0.2, 0) is 0 Å². The van der Waals surface area contributed by atoms with Crippen molar-refractivity contribution in [1.82, 2.24) is 5.43 Å². The highest BCUT2D eigenvalue weighted by Crippen LogP contribution is 2.21. The highest BCUT2D eigenvalue weighted by Gasteiger charge is 2.12. The molecule has 0 aliphatic carbocycles. The van der Waals surface area contributed by atoms with Gasteiger partial charge in [0.05, 0.1) is 23.8 Å². The molecule has 0 aromatic heterocycles. The molecule has 0 bridgehead atoms. The smallest absolute Gasteiger partial charge is 0.278 e. The highest BCUT2D eigenvalue weighted by molar-refractivity contribution is 6.31. The number of nitro groups is 1. The van der Waals surface area contributed by atoms with Crippen LogP contribution in [0.15, 0.2) is 47.6 Å². The van der Waals surface area contributed by atoms with Gasteiger partial charge in [-0.15, -0.1) is 0 Å². The summed E-state index contributed by atoms with van der Waals surface area (Å²) in [5.41, 5.74) is 2.67. The number of benzene rings is 2. The van der Waals surface area contributed by atoms with E-state index in [0.717, 1.165) is 0 Å². The lowest BCUT2D eigenvalue weighted by molar-refractivity contribution is -0.385. The average Bonchev–Trinajstić information content (AvgIpc) is 2.54. The summed E-state index contributed by atoms with van der Waals surface area (Å²) >= 11 is 5.81. The van der Waals surface area contributed by atoms with Crippen molar-refractivity contribution < 1.29 is 14.5 Å². The van der Waals surface area contributed by atoms with Crippen LogP contribution >= 0.6 is 11.6 Å². The molecule has 0 radical (unpaired) electrons. The lowest BCUT2D eigenvalue weighted by Gasteiger charge is -2.03. The Kier molecular flexibility index (Phi) is 5.27. The number of halogens is 1. The number of amides is 1. The second kappa shape index (κ2) is 7.37. The number of rotatable bonds is 5. The normalized spacial score (nSPS) is 10.5. The molecule has 1 N–H and O–H groups in total. The standard InChI is InChI=1S/C15H12ClN3O4/c1-23-13-4-2-3-10(8-13)15(20)18-17-9-11-7-12(16)5-6-14(11)19(21)22/h2-9H,1H3,(H,18,20)/b17-9+. The van der Waals surface area contributed by atoms with Crippen LogP contribution in [-0.4, -0.2) is 24.2 Å². The van der Waals surface area contributed by atoms with E-state index in [1.807, 2.05) is 0 Å². The SMILES string of the molecule is COc1cccc(C(=O)N/N=C/c2cc(Cl)ccc2[N+](=O)[O-])c1. The van der Waals surface area contributed by atoms with E-state index in [1.165, 1.54) is 31.5 Å². The first-order valence-corrected chi connectivity index (χ1v) is 6.80. The summed E-state index contributed by atoms with van der Waals surface area (Å²) in [4.78, 5) is 22.3. The minimum Gasteiger partial charge on any atom is -0.497 e. The van der Waals surface area contributed by atoms with Crippen molar-refractivity contribution in [3.8, 4) is 5.75 Å². The monoisotopic (exact) mass is 333 g/mol. The van der Waals surface area contributed by atoms with Gasteiger partial charge in [0, 0.05) is 16.7 Å². The minimum atomic E-state index is -0.554. The van der Waals surface area contributed by atoms with Gasteiger partial charge in [-0.05, 0) is 30.3 Å². The molecule has 0 saturated carbocycles. The molecule has 0 heterocycles. The van der Waals surface area contributed by atoms with Crippen molar-refractivity contribution in [2.45, 2.75) is 0 Å². The van der Waals surface area contributed by atoms with E-state index >= 15 is 0 Å². The first kappa shape index (κ1) is 16.4. The number of nitrogens with zero attached hydrogens (tertiary/aromatic N) is 2. The Hall–Kier alpha value is -2.93. The van der Waals surface area contributed by atoms with Gasteiger partial charge in [-0.3, -0.25) is 14.9 Å². The number of hydrazone groups is 1. The Morgan fingerprint density at radius 2 is 2.13 bits per heavy atom. The van der Waals surface area contributed by atoms with Crippen LogP contribution in [0.5, 0.6) is 5.75 Å². The molecule has 0 fully saturated rings. The number of carbonyl (C=O) groups excluding carboxylic acids is 1. The van der Waals surface area contributed by atoms with Crippen LogP contribution in [0.4, 0.5) is 5.69 Å². The fourth-order valence-corrected chi connectivity index (χ4v) is 1.96. The number of ether oxygens (including phenoxy) is 1. The second-order valence-corrected chi connectivity index (χ2v) is 4.83. The zero-order chi connectivity index (χ0) is 16.8. The van der Waals surface area contributed by atoms with E-state index in [0.29, 0.717) is 16.3 Å². The maximum absolute atomic E-state index is 11.9. The summed E-state index contributed by atoms with van der Waals surface area (Å²) in [6, 6.07) is 10.6. The predicted octanol–water partition coefficient (Wildman–Crippen LogP) is 3.02. The number of carbonyl (C=O) groups is 1. The van der Waals surface area contributed by atoms with Gasteiger partial charge >= 0.3 is 0 Å². The lowest BCUT2D eigenvalue weighted by atomic mass is 10.2. The molecule has 0 atom stereocenters. The molecular formula is C15H12ClN3O4. The van der Waals surface area contributed by atoms with Crippen molar-refractivity contribution in [1.29, 1.82) is 0 Å². The summed E-state index contributed by atoms with van der Waals surface area (Å²) in [5, 5.41) is 15.0. The third kappa shape index (κ3) is 4.27. The van der Waals surface area contributed by atoms with Crippen LogP contribution in [0, 0.1) is 10.1 Å². The van der Waals surface area contributed by atoms with Gasteiger partial charge in [0.25, 0.3) is 11.6 Å². The van der Waals surface area contributed by atoms with Gasteiger partial charge in [-0.25, -0.2) is 5.43 Å². The van der Waals surface area contributed by atoms with Gasteiger partial charge in [0.15, 0.2) is 0 Å². The molecule has 23 heavy (non-hydrogen) atoms. The van der Waals surface area contributed by atoms with Crippen molar-refractivity contribution >= 4 is 29.4 Å². The van der Waals surface area contributed by atoms with Gasteiger partial charge in [-0.2, -0.15) is 5.10 Å². The fourth-order valence-electron chi connectivity index (χ4n) is 1.78. The molecule has 7 nitrogen and oxygen atoms in total. The second-order valence-electron chi connectivity index (χ2n) is 4.39. The third-order valence-electron chi connectivity index (χ3n) is 2.89. The Morgan fingerprint density at radius 1 is 1.35 bits per heavy atom. The Morgan fingerprint density at radius 3 is 2.83 bits per heavy atom. The van der Waals surface area contributed by atoms with Crippen LogP contribution in [0.2, 0.25) is 5.02 Å². The van der Waals surface area contributed by atoms with Crippen LogP contribution in [0.3, 0.4) is 0 Å². The summed E-state index contributed by atoms with van der Waals surface area (Å²) in [6.07, 6.45) is 1.17. The molecule has 0 aliphatic heterocycles. The largest absolute Gasteiger partial charge is 0.497 e. The van der Waals surface area contributed by atoms with E-state index < -0.39 is 10.8 Å². The van der Waals surface area contributed by atoms with Gasteiger partial charge in [0.2, 0.25) is 0 Å². The summed E-state index contributed by atoms with van der Waals surface area (Å²) in [7, 11) is 1.49. The molecule has 2 rings (SSSR count). The Bertz CT molecular complexity index is 777. The molecule has 1 amide bonds. The minimum absolute atomic E-state index is 0.159. The molecular weight excluding hydrogens is 322 g/mol. The molecule has 0 aliphatic rings. The van der Waals surface area contributed by atoms with Crippen molar-refractivity contribution in [3.05, 3.63) is 68.7 Å². The van der Waals surface area contributed by atoms with E-state index in [2.05, 4.69) is 10.5 Å². The van der Waals surface area contributed by atoms with Crippen LogP contribution < -0.4 is 10.2 Å². The number of nitrogens with one attached hydrogen (secondary N) is 1. The van der Waals surface area contributed by atoms with Crippen molar-refractivity contribution in [3.63, 3.8) is 0 Å². The zero-order valence-corrected chi connectivity index (χ0v) is 12.8. The number of methoxy groups -OCH3 is 1. The Balaban J connectivity index is 2.14. The van der Waals surface area contributed by atoms with Gasteiger partial charge < -0.3 is 4.74 Å². The predicted molar refractivity (Wildman–Crippen MR) is 86.2 cm³/mol. The topological polar surface area (TPSA) is 93.8 Å². The van der Waals surface area contributed by atoms with E-state index in [9.17, 15) is 14.9 Å². The van der Waals surface area contributed by atoms with Crippen molar-refractivity contribution in [2.24, 2.45) is 5.10 Å². The molecule has 118 valence electrons. The summed E-state index contributed by atoms with van der Waals surface area (Å²) < 4.78 is 5.03. The van der Waals surface area contributed by atoms with Crippen LogP contribution in [0.25, 0.3) is 0 Å². The molecule has 8 heteroatoms. The van der Waals surface area contributed by atoms with E-state index in [1.54, 1.807) is 24.3 Å². The molecule has 0 saturated heterocycles. The molecule has 2 aromatic carbocycles. The number of hydrogen-bond donors (Lipinski definition) is 1. The molecule has 0 unspecified atom stereocenters. The fraction of sp³-hybridized carbons (Fsp3) is 0.0667. The van der Waals surface area contributed by atoms with E-state index in [-0.39, 0.29) is 11.3 Å². The first-order valence-electron chi connectivity index (χ1n) is 6.42. The van der Waals surface area contributed by atoms with E-state index in [4.69, 9.17) is 16.3 Å². The Labute approximate surface area is 136 Å². The first-order chi connectivity index (χ1) is 11.0. The number of hydrogen-bond acceptors (Lipinski definition) is 5. The zero-order valence-electron chi connectivity index (χ0n) is 12.0. The number of nitro benzene ring substituents is 1. The molecule has 2 aromatic rings. The molecule has 0 spiro atoms. The maximum Gasteiger partial charge on any atom is 0.278 e. The summed E-state index contributed by atoms with van der Waals surface area (Å²) in [6.45, 7) is 0. The average molecular weight is 334 g/mol. The quantitative estimate of drug-likeness (QED) is 0.517. The maximum atomic E-state index is 11.9. The van der Waals surface area contributed by atoms with Crippen molar-refractivity contribution in [2.75, 3.05) is 7.11 Å². The highest BCUT2D eigenvalue weighted by atomic mass is 35.5. The lowest BCUT2D eigenvalue weighted by Crippen LogP contribution is -2.17.